The molecule has 0 aliphatic heterocycles. The third-order valence-corrected chi connectivity index (χ3v) is 5.38. The number of hydrogen-bond acceptors (Lipinski definition) is 1. The monoisotopic (exact) mass is 379 g/mol. The van der Waals surface area contributed by atoms with Gasteiger partial charge in [-0.15, -0.1) is 0 Å². The molecule has 0 bridgehead atoms. The van der Waals surface area contributed by atoms with Crippen LogP contribution in [0.1, 0.15) is 5.56 Å². The van der Waals surface area contributed by atoms with Gasteiger partial charge in [0.15, 0.2) is 0 Å². The van der Waals surface area contributed by atoms with Gasteiger partial charge in [-0.25, -0.2) is 0 Å². The molecule has 0 saturated heterocycles. The minimum Gasteiger partial charge on any atom is -0.361 e. The van der Waals surface area contributed by atoms with E-state index in [-0.39, 0.29) is 5.91 Å². The molecule has 5 rings (SSSR count). The van der Waals surface area contributed by atoms with Gasteiger partial charge in [0.2, 0.25) is 5.91 Å². The summed E-state index contributed by atoms with van der Waals surface area (Å²) in [5.74, 6) is -0.0325. The lowest BCUT2D eigenvalue weighted by molar-refractivity contribution is -0.123. The van der Waals surface area contributed by atoms with Gasteiger partial charge in [-0.2, -0.15) is 0 Å². The molecular formula is C25H21N3O. The van der Waals surface area contributed by atoms with E-state index in [4.69, 9.17) is 0 Å². The highest BCUT2D eigenvalue weighted by Gasteiger charge is 2.12. The summed E-state index contributed by atoms with van der Waals surface area (Å²) in [5.41, 5.74) is 6.53. The zero-order chi connectivity index (χ0) is 20.0. The van der Waals surface area contributed by atoms with Crippen molar-refractivity contribution in [1.29, 1.82) is 0 Å². The maximum Gasteiger partial charge on any atom is 0.246 e. The van der Waals surface area contributed by atoms with Crippen LogP contribution in [0, 0.1) is 0 Å². The van der Waals surface area contributed by atoms with Gasteiger partial charge in [-0.3, -0.25) is 4.79 Å². The Bertz CT molecular complexity index is 1400. The molecule has 0 aliphatic rings. The molecule has 0 saturated carbocycles. The molecular weight excluding hydrogens is 358 g/mol. The highest BCUT2D eigenvalue weighted by Crippen LogP contribution is 2.35. The predicted octanol–water partition coefficient (Wildman–Crippen LogP) is 5.57. The number of rotatable bonds is 3. The average Bonchev–Trinajstić information content (AvgIpc) is 3.35. The van der Waals surface area contributed by atoms with Gasteiger partial charge in [0.25, 0.3) is 0 Å². The normalized spacial score (nSPS) is 11.8. The van der Waals surface area contributed by atoms with Crippen LogP contribution in [-0.2, 0) is 4.79 Å². The largest absolute Gasteiger partial charge is 0.361 e. The molecule has 1 amide bonds. The van der Waals surface area contributed by atoms with Crippen molar-refractivity contribution in [3.8, 4) is 11.1 Å². The first-order chi connectivity index (χ1) is 14.1. The summed E-state index contributed by atoms with van der Waals surface area (Å²) < 4.78 is 0. The summed E-state index contributed by atoms with van der Waals surface area (Å²) in [5, 5.41) is 3.47. The number of H-pyrrole nitrogens is 2. The summed E-state index contributed by atoms with van der Waals surface area (Å²) in [4.78, 5) is 20.6. The van der Waals surface area contributed by atoms with Crippen LogP contribution in [-0.4, -0.2) is 34.9 Å². The van der Waals surface area contributed by atoms with E-state index in [1.807, 2.05) is 24.4 Å². The fraction of sp³-hybridized carbons (Fsp3) is 0.0800. The Balaban J connectivity index is 1.80. The number of carbonyl (C=O) groups is 1. The molecule has 4 nitrogen and oxygen atoms in total. The molecule has 2 aromatic heterocycles. The van der Waals surface area contributed by atoms with Crippen molar-refractivity contribution in [3.05, 3.63) is 78.5 Å². The first-order valence-electron chi connectivity index (χ1n) is 9.62. The van der Waals surface area contributed by atoms with Crippen LogP contribution in [0.4, 0.5) is 0 Å². The van der Waals surface area contributed by atoms with E-state index in [2.05, 4.69) is 58.5 Å². The smallest absolute Gasteiger partial charge is 0.246 e. The van der Waals surface area contributed by atoms with Crippen molar-refractivity contribution in [2.24, 2.45) is 0 Å². The standard InChI is InChI=1S/C25H21N3O/c1-28(2)23(29)11-10-17-14-18(19-8-5-6-16-12-13-26-25(16)19)15-22-24(17)20-7-3-4-9-21(20)27-22/h3-15,26-27H,1-2H3. The molecule has 0 atom stereocenters. The number of likely N-dealkylation sites (N-methyl/N-ethyl adjacent to an activating group) is 1. The summed E-state index contributed by atoms with van der Waals surface area (Å²) >= 11 is 0. The van der Waals surface area contributed by atoms with Crippen LogP contribution >= 0.6 is 0 Å². The Kier molecular flexibility index (Phi) is 3.98. The number of hydrogen-bond donors (Lipinski definition) is 2. The number of nitrogens with zero attached hydrogens (tertiary/aromatic N) is 1. The second-order valence-electron chi connectivity index (χ2n) is 7.47. The maximum atomic E-state index is 12.2. The Labute approximate surface area is 168 Å². The number of amides is 1. The number of nitrogens with one attached hydrogen (secondary N) is 2. The predicted molar refractivity (Wildman–Crippen MR) is 121 cm³/mol. The molecule has 0 aliphatic carbocycles. The Morgan fingerprint density at radius 3 is 2.69 bits per heavy atom. The lowest BCUT2D eigenvalue weighted by Crippen LogP contribution is -2.18. The lowest BCUT2D eigenvalue weighted by atomic mass is 9.97. The highest BCUT2D eigenvalue weighted by atomic mass is 16.2. The van der Waals surface area contributed by atoms with Gasteiger partial charge in [0, 0.05) is 53.7 Å². The van der Waals surface area contributed by atoms with E-state index < -0.39 is 0 Å². The van der Waals surface area contributed by atoms with E-state index in [0.29, 0.717) is 0 Å². The van der Waals surface area contributed by atoms with Crippen LogP contribution in [0.25, 0.3) is 49.9 Å². The van der Waals surface area contributed by atoms with E-state index in [1.165, 1.54) is 5.39 Å². The summed E-state index contributed by atoms with van der Waals surface area (Å²) in [7, 11) is 3.52. The van der Waals surface area contributed by atoms with Crippen molar-refractivity contribution in [1.82, 2.24) is 14.9 Å². The number of benzene rings is 3. The van der Waals surface area contributed by atoms with Gasteiger partial charge >= 0.3 is 0 Å². The molecule has 0 radical (unpaired) electrons. The Hall–Kier alpha value is -3.79. The van der Waals surface area contributed by atoms with Crippen molar-refractivity contribution < 1.29 is 4.79 Å². The van der Waals surface area contributed by atoms with Gasteiger partial charge in [-0.1, -0.05) is 36.4 Å². The van der Waals surface area contributed by atoms with Gasteiger partial charge < -0.3 is 14.9 Å². The third kappa shape index (κ3) is 2.90. The van der Waals surface area contributed by atoms with Gasteiger partial charge in [0.05, 0.1) is 5.52 Å². The maximum absolute atomic E-state index is 12.2. The molecule has 0 fully saturated rings. The number of carbonyl (C=O) groups excluding carboxylic acids is 1. The number of fused-ring (bicyclic) bond motifs is 4. The third-order valence-electron chi connectivity index (χ3n) is 5.38. The fourth-order valence-corrected chi connectivity index (χ4v) is 3.94. The summed E-state index contributed by atoms with van der Waals surface area (Å²) in [6.07, 6.45) is 5.52. The molecule has 4 heteroatoms. The van der Waals surface area contributed by atoms with Crippen LogP contribution in [0.3, 0.4) is 0 Å². The van der Waals surface area contributed by atoms with Crippen LogP contribution in [0.2, 0.25) is 0 Å². The van der Waals surface area contributed by atoms with E-state index in [0.717, 1.165) is 44.0 Å². The molecule has 29 heavy (non-hydrogen) atoms. The first-order valence-corrected chi connectivity index (χ1v) is 9.62. The summed E-state index contributed by atoms with van der Waals surface area (Å²) in [6.45, 7) is 0. The van der Waals surface area contributed by atoms with E-state index in [9.17, 15) is 4.79 Å². The fourth-order valence-electron chi connectivity index (χ4n) is 3.94. The molecule has 3 aromatic carbocycles. The minimum absolute atomic E-state index is 0.0325. The molecule has 0 spiro atoms. The van der Waals surface area contributed by atoms with E-state index >= 15 is 0 Å². The van der Waals surface area contributed by atoms with Crippen molar-refractivity contribution >= 4 is 44.7 Å². The molecule has 2 heterocycles. The molecule has 0 unspecified atom stereocenters. The second kappa shape index (κ2) is 6.67. The Morgan fingerprint density at radius 2 is 1.83 bits per heavy atom. The molecule has 5 aromatic rings. The zero-order valence-electron chi connectivity index (χ0n) is 16.4. The van der Waals surface area contributed by atoms with E-state index in [1.54, 1.807) is 25.1 Å². The summed E-state index contributed by atoms with van der Waals surface area (Å²) in [6, 6.07) is 21.0. The minimum atomic E-state index is -0.0325. The topological polar surface area (TPSA) is 51.9 Å². The Morgan fingerprint density at radius 1 is 0.966 bits per heavy atom. The SMILES string of the molecule is CN(C)C(=O)C=Cc1cc(-c2cccc3cc[nH]c23)cc2[nH]c3ccccc3c12. The number of aromatic amines is 2. The van der Waals surface area contributed by atoms with Crippen LogP contribution in [0.15, 0.2) is 72.9 Å². The van der Waals surface area contributed by atoms with Crippen LogP contribution in [0.5, 0.6) is 0 Å². The first kappa shape index (κ1) is 17.3. The van der Waals surface area contributed by atoms with Crippen molar-refractivity contribution in [2.75, 3.05) is 14.1 Å². The second-order valence-corrected chi connectivity index (χ2v) is 7.47. The van der Waals surface area contributed by atoms with Crippen LogP contribution < -0.4 is 0 Å². The van der Waals surface area contributed by atoms with Gasteiger partial charge in [0.1, 0.15) is 0 Å². The zero-order valence-corrected chi connectivity index (χ0v) is 16.4. The highest BCUT2D eigenvalue weighted by molar-refractivity contribution is 6.13. The number of para-hydroxylation sites is 2. The number of aromatic nitrogens is 2. The molecule has 2 N–H and O–H groups in total. The van der Waals surface area contributed by atoms with Crippen molar-refractivity contribution in [3.63, 3.8) is 0 Å². The molecule has 142 valence electrons. The van der Waals surface area contributed by atoms with Gasteiger partial charge in [-0.05, 0) is 46.9 Å². The lowest BCUT2D eigenvalue weighted by Gasteiger charge is -2.09. The van der Waals surface area contributed by atoms with Crippen molar-refractivity contribution in [2.45, 2.75) is 0 Å². The average molecular weight is 379 g/mol. The quantitative estimate of drug-likeness (QED) is 0.396.